The summed E-state index contributed by atoms with van der Waals surface area (Å²) in [5.41, 5.74) is 3.98. The molecule has 26 heavy (non-hydrogen) atoms. The number of rotatable bonds is 7. The molecule has 1 amide bonds. The van der Waals surface area contributed by atoms with Gasteiger partial charge >= 0.3 is 7.48 Å². The van der Waals surface area contributed by atoms with Crippen molar-refractivity contribution >= 4 is 18.9 Å². The SMILES string of the molecule is CCC(CC(C)NC(=O)c1ccc2c(c1)[B]OC2)c1ccccc1OC. The lowest BCUT2D eigenvalue weighted by Gasteiger charge is -2.23. The molecule has 0 saturated heterocycles. The maximum atomic E-state index is 12.6. The van der Waals surface area contributed by atoms with E-state index < -0.39 is 0 Å². The third-order valence-corrected chi connectivity index (χ3v) is 4.94. The van der Waals surface area contributed by atoms with Gasteiger partial charge in [0.25, 0.3) is 5.91 Å². The normalized spacial score (nSPS) is 14.9. The summed E-state index contributed by atoms with van der Waals surface area (Å²) >= 11 is 0. The van der Waals surface area contributed by atoms with E-state index in [2.05, 4.69) is 25.2 Å². The molecular formula is C21H25BNO3. The molecule has 1 N–H and O–H groups in total. The summed E-state index contributed by atoms with van der Waals surface area (Å²) in [4.78, 5) is 12.6. The molecule has 0 saturated carbocycles. The van der Waals surface area contributed by atoms with Crippen LogP contribution in [-0.4, -0.2) is 26.5 Å². The Bertz CT molecular complexity index is 778. The van der Waals surface area contributed by atoms with Gasteiger partial charge in [0.1, 0.15) is 5.75 Å². The minimum Gasteiger partial charge on any atom is -0.496 e. The Morgan fingerprint density at radius 3 is 2.88 bits per heavy atom. The first-order valence-corrected chi connectivity index (χ1v) is 9.14. The Kier molecular flexibility index (Phi) is 5.99. The van der Waals surface area contributed by atoms with Gasteiger partial charge in [0.2, 0.25) is 0 Å². The molecule has 4 nitrogen and oxygen atoms in total. The summed E-state index contributed by atoms with van der Waals surface area (Å²) < 4.78 is 10.8. The van der Waals surface area contributed by atoms with Gasteiger partial charge in [-0.25, -0.2) is 0 Å². The number of hydrogen-bond acceptors (Lipinski definition) is 3. The van der Waals surface area contributed by atoms with Gasteiger partial charge in [-0.3, -0.25) is 4.79 Å². The number of benzene rings is 2. The predicted octanol–water partition coefficient (Wildman–Crippen LogP) is 3.17. The Morgan fingerprint density at radius 1 is 1.31 bits per heavy atom. The number of carbonyl (C=O) groups excluding carboxylic acids is 1. The molecule has 1 aliphatic heterocycles. The quantitative estimate of drug-likeness (QED) is 0.781. The second-order valence-corrected chi connectivity index (χ2v) is 6.80. The third kappa shape index (κ3) is 4.10. The van der Waals surface area contributed by atoms with Crippen molar-refractivity contribution in [3.63, 3.8) is 0 Å². The molecular weight excluding hydrogens is 325 g/mol. The Hall–Kier alpha value is -2.27. The second-order valence-electron chi connectivity index (χ2n) is 6.80. The van der Waals surface area contributed by atoms with E-state index in [-0.39, 0.29) is 11.9 Å². The monoisotopic (exact) mass is 350 g/mol. The van der Waals surface area contributed by atoms with Crippen molar-refractivity contribution in [1.82, 2.24) is 5.32 Å². The lowest BCUT2D eigenvalue weighted by Crippen LogP contribution is -2.34. The first kappa shape index (κ1) is 18.5. The fourth-order valence-corrected chi connectivity index (χ4v) is 3.51. The third-order valence-electron chi connectivity index (χ3n) is 4.94. The molecule has 1 aliphatic rings. The fraction of sp³-hybridized carbons (Fsp3) is 0.381. The van der Waals surface area contributed by atoms with E-state index >= 15 is 0 Å². The minimum atomic E-state index is -0.0459. The smallest absolute Gasteiger partial charge is 0.330 e. The van der Waals surface area contributed by atoms with E-state index in [9.17, 15) is 4.79 Å². The van der Waals surface area contributed by atoms with Crippen molar-refractivity contribution in [1.29, 1.82) is 0 Å². The molecule has 1 heterocycles. The number of ether oxygens (including phenoxy) is 1. The van der Waals surface area contributed by atoms with Gasteiger partial charge in [-0.15, -0.1) is 0 Å². The van der Waals surface area contributed by atoms with Crippen LogP contribution in [0.25, 0.3) is 0 Å². The molecule has 0 fully saturated rings. The van der Waals surface area contributed by atoms with Crippen LogP contribution in [0.1, 0.15) is 54.1 Å². The van der Waals surface area contributed by atoms with Gasteiger partial charge in [-0.05, 0) is 54.4 Å². The minimum absolute atomic E-state index is 0.0459. The molecule has 2 atom stereocenters. The summed E-state index contributed by atoms with van der Waals surface area (Å²) in [7, 11) is 3.41. The van der Waals surface area contributed by atoms with E-state index in [0.717, 1.165) is 29.6 Å². The summed E-state index contributed by atoms with van der Waals surface area (Å²) in [6, 6.07) is 13.9. The van der Waals surface area contributed by atoms with E-state index in [0.29, 0.717) is 18.1 Å². The van der Waals surface area contributed by atoms with Crippen LogP contribution in [0.15, 0.2) is 42.5 Å². The van der Waals surface area contributed by atoms with Crippen LogP contribution < -0.4 is 15.5 Å². The van der Waals surface area contributed by atoms with Crippen molar-refractivity contribution in [2.24, 2.45) is 0 Å². The number of para-hydroxylation sites is 1. The molecule has 0 aliphatic carbocycles. The van der Waals surface area contributed by atoms with Crippen LogP contribution in [0.5, 0.6) is 5.75 Å². The van der Waals surface area contributed by atoms with Crippen molar-refractivity contribution in [2.75, 3.05) is 7.11 Å². The standard InChI is InChI=1S/C21H25BNO3/c1-4-15(18-7-5-6-8-20(18)25-3)11-14(2)23-21(24)16-9-10-17-13-26-22-19(17)12-16/h5-10,12,14-15H,4,11,13H2,1-3H3,(H,23,24). The highest BCUT2D eigenvalue weighted by molar-refractivity contribution is 6.49. The highest BCUT2D eigenvalue weighted by Gasteiger charge is 2.20. The summed E-state index contributed by atoms with van der Waals surface area (Å²) in [5, 5.41) is 3.12. The number of nitrogens with one attached hydrogen (secondary N) is 1. The molecule has 1 radical (unpaired) electrons. The van der Waals surface area contributed by atoms with Crippen molar-refractivity contribution in [3.05, 3.63) is 59.2 Å². The van der Waals surface area contributed by atoms with Gasteiger partial charge in [-0.2, -0.15) is 0 Å². The van der Waals surface area contributed by atoms with Crippen molar-refractivity contribution < 1.29 is 14.2 Å². The first-order chi connectivity index (χ1) is 12.6. The summed E-state index contributed by atoms with van der Waals surface area (Å²) in [6.07, 6.45) is 1.86. The molecule has 2 aromatic rings. The second kappa shape index (κ2) is 8.41. The molecule has 2 aromatic carbocycles. The van der Waals surface area contributed by atoms with Crippen LogP contribution in [0.4, 0.5) is 0 Å². The zero-order valence-corrected chi connectivity index (χ0v) is 15.6. The number of amides is 1. The average Bonchev–Trinajstić information content (AvgIpc) is 3.13. The molecule has 135 valence electrons. The maximum Gasteiger partial charge on any atom is 0.330 e. The topological polar surface area (TPSA) is 47.6 Å². The first-order valence-electron chi connectivity index (χ1n) is 9.14. The molecule has 0 aromatic heterocycles. The number of fused-ring (bicyclic) bond motifs is 1. The van der Waals surface area contributed by atoms with E-state index in [1.165, 1.54) is 5.56 Å². The lowest BCUT2D eigenvalue weighted by atomic mass is 9.86. The highest BCUT2D eigenvalue weighted by Crippen LogP contribution is 2.32. The Balaban J connectivity index is 1.65. The largest absolute Gasteiger partial charge is 0.496 e. The van der Waals surface area contributed by atoms with Crippen LogP contribution in [0.2, 0.25) is 0 Å². The van der Waals surface area contributed by atoms with Crippen LogP contribution in [0, 0.1) is 0 Å². The molecule has 0 spiro atoms. The van der Waals surface area contributed by atoms with Crippen molar-refractivity contribution in [2.45, 2.75) is 45.3 Å². The summed E-state index contributed by atoms with van der Waals surface area (Å²) in [5.74, 6) is 1.20. The fourth-order valence-electron chi connectivity index (χ4n) is 3.51. The zero-order valence-electron chi connectivity index (χ0n) is 15.6. The highest BCUT2D eigenvalue weighted by atomic mass is 16.5. The van der Waals surface area contributed by atoms with Gasteiger partial charge in [0.15, 0.2) is 0 Å². The molecule has 0 bridgehead atoms. The van der Waals surface area contributed by atoms with E-state index in [1.807, 2.05) is 36.4 Å². The van der Waals surface area contributed by atoms with E-state index in [4.69, 9.17) is 9.39 Å². The van der Waals surface area contributed by atoms with Crippen LogP contribution in [-0.2, 0) is 11.3 Å². The molecule has 5 heteroatoms. The van der Waals surface area contributed by atoms with E-state index in [1.54, 1.807) is 14.6 Å². The van der Waals surface area contributed by atoms with Crippen LogP contribution in [0.3, 0.4) is 0 Å². The van der Waals surface area contributed by atoms with Gasteiger partial charge < -0.3 is 14.7 Å². The summed E-state index contributed by atoms with van der Waals surface area (Å²) in [6.45, 7) is 4.81. The van der Waals surface area contributed by atoms with Crippen molar-refractivity contribution in [3.8, 4) is 5.75 Å². The molecule has 3 rings (SSSR count). The Labute approximate surface area is 156 Å². The number of hydrogen-bond donors (Lipinski definition) is 1. The van der Waals surface area contributed by atoms with Crippen LogP contribution >= 0.6 is 0 Å². The lowest BCUT2D eigenvalue weighted by molar-refractivity contribution is 0.0937. The average molecular weight is 350 g/mol. The maximum absolute atomic E-state index is 12.6. The predicted molar refractivity (Wildman–Crippen MR) is 104 cm³/mol. The van der Waals surface area contributed by atoms with Gasteiger partial charge in [0, 0.05) is 11.6 Å². The Morgan fingerprint density at radius 2 is 2.12 bits per heavy atom. The zero-order chi connectivity index (χ0) is 18.5. The molecule has 2 unspecified atom stereocenters. The van der Waals surface area contributed by atoms with Gasteiger partial charge in [0.05, 0.1) is 13.7 Å². The number of methoxy groups -OCH3 is 1. The van der Waals surface area contributed by atoms with Gasteiger partial charge in [-0.1, -0.05) is 37.3 Å². The number of carbonyl (C=O) groups is 1.